The van der Waals surface area contributed by atoms with Gasteiger partial charge in [0.1, 0.15) is 0 Å². The Morgan fingerprint density at radius 1 is 1.29 bits per heavy atom. The summed E-state index contributed by atoms with van der Waals surface area (Å²) in [7, 11) is 3.54. The fourth-order valence-electron chi connectivity index (χ4n) is 2.94. The van der Waals surface area contributed by atoms with Gasteiger partial charge in [0.25, 0.3) is 5.91 Å². The SMILES string of the molecule is CN(C)C(=O)c1ccccc1CNC[C@@H]1CCCC[C@H]1O. The number of hydrogen-bond donors (Lipinski definition) is 2. The molecule has 0 spiro atoms. The van der Waals surface area contributed by atoms with Gasteiger partial charge in [-0.05, 0) is 30.4 Å². The Labute approximate surface area is 127 Å². The van der Waals surface area contributed by atoms with Crippen LogP contribution in [0, 0.1) is 5.92 Å². The highest BCUT2D eigenvalue weighted by atomic mass is 16.3. The first-order chi connectivity index (χ1) is 10.1. The molecule has 0 saturated heterocycles. The summed E-state index contributed by atoms with van der Waals surface area (Å²) in [6.07, 6.45) is 4.18. The Hall–Kier alpha value is -1.39. The monoisotopic (exact) mass is 290 g/mol. The lowest BCUT2D eigenvalue weighted by atomic mass is 9.86. The van der Waals surface area contributed by atoms with E-state index < -0.39 is 0 Å². The van der Waals surface area contributed by atoms with E-state index in [2.05, 4.69) is 5.32 Å². The van der Waals surface area contributed by atoms with Gasteiger partial charge in [0.05, 0.1) is 6.10 Å². The molecule has 4 nitrogen and oxygen atoms in total. The molecule has 2 atom stereocenters. The zero-order chi connectivity index (χ0) is 15.2. The van der Waals surface area contributed by atoms with Crippen molar-refractivity contribution < 1.29 is 9.90 Å². The number of nitrogens with zero attached hydrogens (tertiary/aromatic N) is 1. The Morgan fingerprint density at radius 3 is 2.71 bits per heavy atom. The minimum atomic E-state index is -0.176. The molecule has 2 rings (SSSR count). The fourth-order valence-corrected chi connectivity index (χ4v) is 2.94. The van der Waals surface area contributed by atoms with Gasteiger partial charge >= 0.3 is 0 Å². The van der Waals surface area contributed by atoms with E-state index in [1.807, 2.05) is 24.3 Å². The van der Waals surface area contributed by atoms with Crippen molar-refractivity contribution in [3.8, 4) is 0 Å². The first-order valence-corrected chi connectivity index (χ1v) is 7.78. The van der Waals surface area contributed by atoms with Crippen LogP contribution in [0.4, 0.5) is 0 Å². The van der Waals surface area contributed by atoms with Gasteiger partial charge in [-0.3, -0.25) is 4.79 Å². The van der Waals surface area contributed by atoms with Crippen LogP contribution in [0.2, 0.25) is 0 Å². The van der Waals surface area contributed by atoms with Gasteiger partial charge in [0.2, 0.25) is 0 Å². The lowest BCUT2D eigenvalue weighted by molar-refractivity contribution is 0.0694. The molecule has 0 aromatic heterocycles. The first kappa shape index (κ1) is 16.0. The Bertz CT molecular complexity index is 474. The van der Waals surface area contributed by atoms with Crippen LogP contribution >= 0.6 is 0 Å². The molecule has 4 heteroatoms. The van der Waals surface area contributed by atoms with Crippen molar-refractivity contribution in [2.45, 2.75) is 38.3 Å². The highest BCUT2D eigenvalue weighted by Gasteiger charge is 2.22. The highest BCUT2D eigenvalue weighted by Crippen LogP contribution is 2.23. The molecule has 0 aliphatic heterocycles. The minimum absolute atomic E-state index is 0.0325. The van der Waals surface area contributed by atoms with E-state index in [-0.39, 0.29) is 12.0 Å². The summed E-state index contributed by atoms with van der Waals surface area (Å²) in [5.74, 6) is 0.376. The van der Waals surface area contributed by atoms with E-state index in [9.17, 15) is 9.90 Å². The Balaban J connectivity index is 1.92. The molecule has 0 unspecified atom stereocenters. The molecule has 0 heterocycles. The summed E-state index contributed by atoms with van der Waals surface area (Å²) in [6, 6.07) is 7.71. The lowest BCUT2D eigenvalue weighted by Gasteiger charge is -2.27. The molecule has 1 aromatic carbocycles. The number of hydrogen-bond acceptors (Lipinski definition) is 3. The van der Waals surface area contributed by atoms with Gasteiger partial charge in [-0.15, -0.1) is 0 Å². The van der Waals surface area contributed by atoms with Gasteiger partial charge < -0.3 is 15.3 Å². The third-order valence-corrected chi connectivity index (χ3v) is 4.24. The average Bonchev–Trinajstić information content (AvgIpc) is 2.49. The molecule has 1 aromatic rings. The van der Waals surface area contributed by atoms with Crippen molar-refractivity contribution in [1.82, 2.24) is 10.2 Å². The third-order valence-electron chi connectivity index (χ3n) is 4.24. The maximum Gasteiger partial charge on any atom is 0.253 e. The van der Waals surface area contributed by atoms with Gasteiger partial charge in [0, 0.05) is 32.7 Å². The van der Waals surface area contributed by atoms with Crippen molar-refractivity contribution in [2.75, 3.05) is 20.6 Å². The molecule has 21 heavy (non-hydrogen) atoms. The van der Waals surface area contributed by atoms with Crippen LogP contribution in [0.25, 0.3) is 0 Å². The summed E-state index contributed by atoms with van der Waals surface area (Å²) >= 11 is 0. The zero-order valence-corrected chi connectivity index (χ0v) is 13.0. The molecule has 1 aliphatic rings. The van der Waals surface area contributed by atoms with Crippen LogP contribution in [0.1, 0.15) is 41.6 Å². The number of rotatable bonds is 5. The third kappa shape index (κ3) is 4.29. The van der Waals surface area contributed by atoms with Crippen LogP contribution in [-0.2, 0) is 6.54 Å². The topological polar surface area (TPSA) is 52.6 Å². The number of carbonyl (C=O) groups is 1. The van der Waals surface area contributed by atoms with Gasteiger partial charge in [-0.2, -0.15) is 0 Å². The molecule has 0 radical (unpaired) electrons. The van der Waals surface area contributed by atoms with Gasteiger partial charge in [0.15, 0.2) is 0 Å². The van der Waals surface area contributed by atoms with E-state index in [4.69, 9.17) is 0 Å². The van der Waals surface area contributed by atoms with Crippen molar-refractivity contribution in [3.63, 3.8) is 0 Å². The van der Waals surface area contributed by atoms with Crippen molar-refractivity contribution >= 4 is 5.91 Å². The molecule has 116 valence electrons. The highest BCUT2D eigenvalue weighted by molar-refractivity contribution is 5.95. The molecule has 1 amide bonds. The second kappa shape index (κ2) is 7.57. The maximum absolute atomic E-state index is 12.1. The number of carbonyl (C=O) groups excluding carboxylic acids is 1. The number of aliphatic hydroxyl groups is 1. The van der Waals surface area contributed by atoms with E-state index in [1.54, 1.807) is 19.0 Å². The van der Waals surface area contributed by atoms with Crippen LogP contribution in [0.5, 0.6) is 0 Å². The molecule has 1 fully saturated rings. The normalized spacial score (nSPS) is 22.0. The Morgan fingerprint density at radius 2 is 2.00 bits per heavy atom. The summed E-state index contributed by atoms with van der Waals surface area (Å²) in [4.78, 5) is 13.7. The predicted octanol–water partition coefficient (Wildman–Crippen LogP) is 2.03. The standard InChI is InChI=1S/C17H26N2O2/c1-19(2)17(21)15-9-5-3-7-13(15)11-18-12-14-8-4-6-10-16(14)20/h3,5,7,9,14,16,18,20H,4,6,8,10-12H2,1-2H3/t14-,16+/m0/s1. The van der Waals surface area contributed by atoms with Crippen LogP contribution in [-0.4, -0.2) is 42.7 Å². The second-order valence-electron chi connectivity index (χ2n) is 6.10. The van der Waals surface area contributed by atoms with Gasteiger partial charge in [-0.25, -0.2) is 0 Å². The van der Waals surface area contributed by atoms with E-state index in [0.717, 1.165) is 36.9 Å². The summed E-state index contributed by atoms with van der Waals surface area (Å²) in [5.41, 5.74) is 1.76. The number of nitrogens with one attached hydrogen (secondary N) is 1. The zero-order valence-electron chi connectivity index (χ0n) is 13.0. The average molecular weight is 290 g/mol. The van der Waals surface area contributed by atoms with Crippen molar-refractivity contribution in [3.05, 3.63) is 35.4 Å². The molecular weight excluding hydrogens is 264 g/mol. The lowest BCUT2D eigenvalue weighted by Crippen LogP contribution is -2.34. The summed E-state index contributed by atoms with van der Waals surface area (Å²) < 4.78 is 0. The Kier molecular flexibility index (Phi) is 5.76. The molecule has 2 N–H and O–H groups in total. The van der Waals surface area contributed by atoms with Gasteiger partial charge in [-0.1, -0.05) is 31.0 Å². The number of benzene rings is 1. The largest absolute Gasteiger partial charge is 0.393 e. The fraction of sp³-hybridized carbons (Fsp3) is 0.588. The predicted molar refractivity (Wildman–Crippen MR) is 84.1 cm³/mol. The first-order valence-electron chi connectivity index (χ1n) is 7.78. The van der Waals surface area contributed by atoms with Crippen LogP contribution in [0.15, 0.2) is 24.3 Å². The summed E-state index contributed by atoms with van der Waals surface area (Å²) in [6.45, 7) is 1.48. The molecular formula is C17H26N2O2. The quantitative estimate of drug-likeness (QED) is 0.872. The molecule has 1 aliphatic carbocycles. The maximum atomic E-state index is 12.1. The summed E-state index contributed by atoms with van der Waals surface area (Å²) in [5, 5.41) is 13.4. The minimum Gasteiger partial charge on any atom is -0.393 e. The van der Waals surface area contributed by atoms with E-state index in [0.29, 0.717) is 12.5 Å². The van der Waals surface area contributed by atoms with Crippen LogP contribution in [0.3, 0.4) is 0 Å². The number of amides is 1. The molecule has 1 saturated carbocycles. The number of aliphatic hydroxyl groups excluding tert-OH is 1. The van der Waals surface area contributed by atoms with E-state index >= 15 is 0 Å². The smallest absolute Gasteiger partial charge is 0.253 e. The second-order valence-corrected chi connectivity index (χ2v) is 6.10. The van der Waals surface area contributed by atoms with Crippen molar-refractivity contribution in [1.29, 1.82) is 0 Å². The van der Waals surface area contributed by atoms with E-state index in [1.165, 1.54) is 6.42 Å². The van der Waals surface area contributed by atoms with Crippen molar-refractivity contribution in [2.24, 2.45) is 5.92 Å². The molecule has 0 bridgehead atoms. The van der Waals surface area contributed by atoms with Crippen LogP contribution < -0.4 is 5.32 Å².